The van der Waals surface area contributed by atoms with Crippen molar-refractivity contribution in [1.82, 2.24) is 9.13 Å². The van der Waals surface area contributed by atoms with Gasteiger partial charge in [-0.15, -0.1) is 0 Å². The second kappa shape index (κ2) is 6.61. The van der Waals surface area contributed by atoms with Crippen LogP contribution in [0.4, 0.5) is 0 Å². The van der Waals surface area contributed by atoms with Crippen molar-refractivity contribution in [3.05, 3.63) is 75.9 Å². The molecule has 4 nitrogen and oxygen atoms in total. The van der Waals surface area contributed by atoms with E-state index >= 15 is 0 Å². The number of hydrogen-bond donors (Lipinski definition) is 1. The summed E-state index contributed by atoms with van der Waals surface area (Å²) in [5.74, 6) is 0.00135. The van der Waals surface area contributed by atoms with Gasteiger partial charge in [0.25, 0.3) is 0 Å². The van der Waals surface area contributed by atoms with Gasteiger partial charge in [0.15, 0.2) is 5.78 Å². The maximum atomic E-state index is 12.5. The summed E-state index contributed by atoms with van der Waals surface area (Å²) in [5, 5.41) is 8.26. The van der Waals surface area contributed by atoms with E-state index in [2.05, 4.69) is 15.9 Å². The molecule has 122 valence electrons. The quantitative estimate of drug-likeness (QED) is 0.681. The van der Waals surface area contributed by atoms with Crippen molar-refractivity contribution < 1.29 is 4.79 Å². The SMILES string of the molecule is Cc1ccc(C(=O)Cn2cc(-c3ccc(Br)cc3)n(C)c2=N)cc1. The van der Waals surface area contributed by atoms with Crippen LogP contribution in [0.2, 0.25) is 0 Å². The van der Waals surface area contributed by atoms with Gasteiger partial charge in [0.05, 0.1) is 12.2 Å². The number of halogens is 1. The van der Waals surface area contributed by atoms with Crippen molar-refractivity contribution in [2.24, 2.45) is 7.05 Å². The number of hydrogen-bond acceptors (Lipinski definition) is 2. The van der Waals surface area contributed by atoms with Crippen LogP contribution in [-0.4, -0.2) is 14.9 Å². The highest BCUT2D eigenvalue weighted by molar-refractivity contribution is 9.10. The number of aryl methyl sites for hydroxylation is 1. The number of rotatable bonds is 4. The molecule has 0 saturated heterocycles. The molecule has 0 saturated carbocycles. The monoisotopic (exact) mass is 383 g/mol. The van der Waals surface area contributed by atoms with Gasteiger partial charge in [-0.3, -0.25) is 10.2 Å². The van der Waals surface area contributed by atoms with E-state index < -0.39 is 0 Å². The molecule has 0 radical (unpaired) electrons. The molecule has 5 heteroatoms. The van der Waals surface area contributed by atoms with E-state index in [0.717, 1.165) is 21.3 Å². The summed E-state index contributed by atoms with van der Waals surface area (Å²) in [6.07, 6.45) is 1.86. The molecule has 0 atom stereocenters. The van der Waals surface area contributed by atoms with E-state index in [4.69, 9.17) is 5.41 Å². The molecule has 0 aliphatic rings. The lowest BCUT2D eigenvalue weighted by Crippen LogP contribution is -2.25. The molecule has 0 amide bonds. The van der Waals surface area contributed by atoms with Gasteiger partial charge in [-0.1, -0.05) is 57.9 Å². The van der Waals surface area contributed by atoms with Crippen molar-refractivity contribution in [2.75, 3.05) is 0 Å². The summed E-state index contributed by atoms with van der Waals surface area (Å²) in [6, 6.07) is 15.4. The van der Waals surface area contributed by atoms with E-state index in [1.165, 1.54) is 0 Å². The topological polar surface area (TPSA) is 50.8 Å². The molecular formula is C19H18BrN3O. The Morgan fingerprint density at radius 1 is 1.08 bits per heavy atom. The van der Waals surface area contributed by atoms with Gasteiger partial charge < -0.3 is 9.13 Å². The van der Waals surface area contributed by atoms with Crippen molar-refractivity contribution in [2.45, 2.75) is 13.5 Å². The van der Waals surface area contributed by atoms with Crippen LogP contribution in [0.25, 0.3) is 11.3 Å². The standard InChI is InChI=1S/C19H18BrN3O/c1-13-3-5-15(6-4-13)18(24)12-23-11-17(22(2)19(23)21)14-7-9-16(20)10-8-14/h3-11,21H,12H2,1-2H3. The first kappa shape index (κ1) is 16.5. The van der Waals surface area contributed by atoms with Crippen LogP contribution < -0.4 is 5.62 Å². The number of nitrogens with zero attached hydrogens (tertiary/aromatic N) is 2. The molecule has 1 heterocycles. The van der Waals surface area contributed by atoms with Crippen molar-refractivity contribution in [1.29, 1.82) is 5.41 Å². The maximum Gasteiger partial charge on any atom is 0.202 e. The van der Waals surface area contributed by atoms with E-state index in [1.807, 2.05) is 68.7 Å². The molecule has 1 N–H and O–H groups in total. The van der Waals surface area contributed by atoms with Crippen LogP contribution in [0, 0.1) is 12.3 Å². The summed E-state index contributed by atoms with van der Waals surface area (Å²) in [7, 11) is 1.84. The van der Waals surface area contributed by atoms with Crippen LogP contribution in [0.1, 0.15) is 15.9 Å². The van der Waals surface area contributed by atoms with Gasteiger partial charge in [-0.2, -0.15) is 0 Å². The second-order valence-corrected chi connectivity index (χ2v) is 6.74. The summed E-state index contributed by atoms with van der Waals surface area (Å²) in [6.45, 7) is 2.15. The zero-order chi connectivity index (χ0) is 17.3. The highest BCUT2D eigenvalue weighted by Crippen LogP contribution is 2.20. The van der Waals surface area contributed by atoms with E-state index in [0.29, 0.717) is 11.2 Å². The lowest BCUT2D eigenvalue weighted by atomic mass is 10.1. The molecule has 0 fully saturated rings. The molecule has 2 aromatic carbocycles. The van der Waals surface area contributed by atoms with E-state index in [9.17, 15) is 4.79 Å². The first-order chi connectivity index (χ1) is 11.5. The lowest BCUT2D eigenvalue weighted by molar-refractivity contribution is 0.0970. The van der Waals surface area contributed by atoms with Crippen molar-refractivity contribution in [3.8, 4) is 11.3 Å². The Hall–Kier alpha value is -2.40. The van der Waals surface area contributed by atoms with Crippen LogP contribution >= 0.6 is 15.9 Å². The molecule has 3 rings (SSSR count). The largest absolute Gasteiger partial charge is 0.314 e. The number of Topliss-reactive ketones (excluding diaryl/α,β-unsaturated/α-hetero) is 1. The summed E-state index contributed by atoms with van der Waals surface area (Å²) >= 11 is 3.43. The van der Waals surface area contributed by atoms with E-state index in [-0.39, 0.29) is 12.3 Å². The molecule has 0 bridgehead atoms. The van der Waals surface area contributed by atoms with Crippen LogP contribution in [0.3, 0.4) is 0 Å². The first-order valence-corrected chi connectivity index (χ1v) is 8.41. The number of aromatic nitrogens is 2. The van der Waals surface area contributed by atoms with Gasteiger partial charge in [0.2, 0.25) is 5.62 Å². The number of ketones is 1. The minimum atomic E-state index is 0.00135. The minimum Gasteiger partial charge on any atom is -0.314 e. The fourth-order valence-electron chi connectivity index (χ4n) is 2.60. The zero-order valence-corrected chi connectivity index (χ0v) is 15.2. The molecule has 24 heavy (non-hydrogen) atoms. The normalized spacial score (nSPS) is 10.8. The van der Waals surface area contributed by atoms with Crippen LogP contribution in [0.15, 0.2) is 59.2 Å². The number of carbonyl (C=O) groups excluding carboxylic acids is 1. The highest BCUT2D eigenvalue weighted by Gasteiger charge is 2.12. The third kappa shape index (κ3) is 3.26. The van der Waals surface area contributed by atoms with Gasteiger partial charge in [-0.05, 0) is 24.6 Å². The number of nitrogens with one attached hydrogen (secondary N) is 1. The Bertz CT molecular complexity index is 934. The Morgan fingerprint density at radius 2 is 1.71 bits per heavy atom. The zero-order valence-electron chi connectivity index (χ0n) is 13.6. The Kier molecular flexibility index (Phi) is 4.53. The van der Waals surface area contributed by atoms with Gasteiger partial charge >= 0.3 is 0 Å². The number of benzene rings is 2. The van der Waals surface area contributed by atoms with Gasteiger partial charge in [-0.25, -0.2) is 0 Å². The number of carbonyl (C=O) groups is 1. The maximum absolute atomic E-state index is 12.5. The third-order valence-corrected chi connectivity index (χ3v) is 4.59. The van der Waals surface area contributed by atoms with Crippen LogP contribution in [-0.2, 0) is 13.6 Å². The van der Waals surface area contributed by atoms with Gasteiger partial charge in [0.1, 0.15) is 0 Å². The highest BCUT2D eigenvalue weighted by atomic mass is 79.9. The van der Waals surface area contributed by atoms with Crippen molar-refractivity contribution >= 4 is 21.7 Å². The predicted octanol–water partition coefficient (Wildman–Crippen LogP) is 3.93. The Balaban J connectivity index is 1.91. The summed E-state index contributed by atoms with van der Waals surface area (Å²) < 4.78 is 4.47. The minimum absolute atomic E-state index is 0.00135. The molecule has 3 aromatic rings. The van der Waals surface area contributed by atoms with Crippen LogP contribution in [0.5, 0.6) is 0 Å². The predicted molar refractivity (Wildman–Crippen MR) is 97.9 cm³/mol. The second-order valence-electron chi connectivity index (χ2n) is 5.82. The molecule has 0 unspecified atom stereocenters. The molecular weight excluding hydrogens is 366 g/mol. The first-order valence-electron chi connectivity index (χ1n) is 7.62. The Labute approximate surface area is 149 Å². The molecule has 0 spiro atoms. The molecule has 0 aliphatic heterocycles. The molecule has 0 aliphatic carbocycles. The smallest absolute Gasteiger partial charge is 0.202 e. The fourth-order valence-corrected chi connectivity index (χ4v) is 2.86. The van der Waals surface area contributed by atoms with Crippen molar-refractivity contribution in [3.63, 3.8) is 0 Å². The summed E-state index contributed by atoms with van der Waals surface area (Å²) in [4.78, 5) is 12.5. The van der Waals surface area contributed by atoms with Gasteiger partial charge in [0, 0.05) is 23.3 Å². The summed E-state index contributed by atoms with van der Waals surface area (Å²) in [5.41, 5.74) is 4.01. The van der Waals surface area contributed by atoms with E-state index in [1.54, 1.807) is 9.13 Å². The number of imidazole rings is 1. The Morgan fingerprint density at radius 3 is 2.33 bits per heavy atom. The lowest BCUT2D eigenvalue weighted by Gasteiger charge is -2.03. The average molecular weight is 384 g/mol. The molecule has 1 aromatic heterocycles. The fraction of sp³-hybridized carbons (Fsp3) is 0.158. The average Bonchev–Trinajstić information content (AvgIpc) is 2.85. The third-order valence-electron chi connectivity index (χ3n) is 4.06.